The van der Waals surface area contributed by atoms with Crippen molar-refractivity contribution in [2.75, 3.05) is 5.32 Å². The van der Waals surface area contributed by atoms with Crippen molar-refractivity contribution in [2.45, 2.75) is 6.92 Å². The van der Waals surface area contributed by atoms with Crippen LogP contribution in [0.4, 0.5) is 5.69 Å². The van der Waals surface area contributed by atoms with Crippen LogP contribution >= 0.6 is 11.6 Å². The molecule has 0 bridgehead atoms. The number of nitrogens with one attached hydrogen (secondary N) is 1. The predicted octanol–water partition coefficient (Wildman–Crippen LogP) is 3.60. The number of rotatable bonds is 3. The Kier molecular flexibility index (Phi) is 4.05. The lowest BCUT2D eigenvalue weighted by molar-refractivity contribution is 0.0696. The van der Waals surface area contributed by atoms with Gasteiger partial charge in [0.15, 0.2) is 0 Å². The summed E-state index contributed by atoms with van der Waals surface area (Å²) < 4.78 is 0. The Labute approximate surface area is 121 Å². The average molecular weight is 290 g/mol. The summed E-state index contributed by atoms with van der Waals surface area (Å²) in [5, 5.41) is 11.7. The minimum Gasteiger partial charge on any atom is -0.478 e. The molecule has 0 spiro atoms. The van der Waals surface area contributed by atoms with Gasteiger partial charge in [0, 0.05) is 5.56 Å². The summed E-state index contributed by atoms with van der Waals surface area (Å²) in [7, 11) is 0. The number of hydrogen-bond acceptors (Lipinski definition) is 2. The van der Waals surface area contributed by atoms with E-state index in [0.717, 1.165) is 5.56 Å². The molecule has 0 unspecified atom stereocenters. The number of anilines is 1. The SMILES string of the molecule is Cc1cccc(C(=O)Nc2ccc(C(=O)O)cc2Cl)c1. The maximum Gasteiger partial charge on any atom is 0.335 e. The van der Waals surface area contributed by atoms with Gasteiger partial charge in [0.05, 0.1) is 16.3 Å². The molecule has 0 aliphatic heterocycles. The van der Waals surface area contributed by atoms with Crippen molar-refractivity contribution in [3.8, 4) is 0 Å². The lowest BCUT2D eigenvalue weighted by Gasteiger charge is -2.08. The van der Waals surface area contributed by atoms with Crippen molar-refractivity contribution in [3.63, 3.8) is 0 Å². The second-order valence-corrected chi connectivity index (χ2v) is 4.73. The average Bonchev–Trinajstić information content (AvgIpc) is 2.40. The standard InChI is InChI=1S/C15H12ClNO3/c1-9-3-2-4-10(7-9)14(18)17-13-6-5-11(15(19)20)8-12(13)16/h2-8H,1H3,(H,17,18)(H,19,20). The molecule has 0 saturated heterocycles. The van der Waals surface area contributed by atoms with E-state index in [1.165, 1.54) is 18.2 Å². The van der Waals surface area contributed by atoms with Crippen LogP contribution in [0.25, 0.3) is 0 Å². The summed E-state index contributed by atoms with van der Waals surface area (Å²) in [5.41, 5.74) is 1.94. The number of amides is 1. The first-order valence-electron chi connectivity index (χ1n) is 5.88. The lowest BCUT2D eigenvalue weighted by Crippen LogP contribution is -2.12. The molecule has 5 heteroatoms. The van der Waals surface area contributed by atoms with Crippen LogP contribution < -0.4 is 5.32 Å². The van der Waals surface area contributed by atoms with Gasteiger partial charge >= 0.3 is 5.97 Å². The number of halogens is 1. The fourth-order valence-corrected chi connectivity index (χ4v) is 1.96. The van der Waals surface area contributed by atoms with Crippen LogP contribution in [-0.2, 0) is 0 Å². The maximum absolute atomic E-state index is 12.1. The van der Waals surface area contributed by atoms with Crippen molar-refractivity contribution < 1.29 is 14.7 Å². The number of benzene rings is 2. The Morgan fingerprint density at radius 2 is 1.85 bits per heavy atom. The van der Waals surface area contributed by atoms with Gasteiger partial charge in [-0.15, -0.1) is 0 Å². The quantitative estimate of drug-likeness (QED) is 0.907. The van der Waals surface area contributed by atoms with Crippen LogP contribution in [0.15, 0.2) is 42.5 Å². The van der Waals surface area contributed by atoms with Crippen molar-refractivity contribution in [1.29, 1.82) is 0 Å². The first-order chi connectivity index (χ1) is 9.47. The topological polar surface area (TPSA) is 66.4 Å². The zero-order chi connectivity index (χ0) is 14.7. The smallest absolute Gasteiger partial charge is 0.335 e. The van der Waals surface area contributed by atoms with Crippen molar-refractivity contribution in [3.05, 3.63) is 64.2 Å². The van der Waals surface area contributed by atoms with Gasteiger partial charge in [-0.3, -0.25) is 4.79 Å². The Balaban J connectivity index is 2.22. The molecule has 102 valence electrons. The fraction of sp³-hybridized carbons (Fsp3) is 0.0667. The van der Waals surface area contributed by atoms with E-state index < -0.39 is 5.97 Å². The number of carbonyl (C=O) groups is 2. The molecule has 0 saturated carbocycles. The summed E-state index contributed by atoms with van der Waals surface area (Å²) in [6.45, 7) is 1.89. The van der Waals surface area contributed by atoms with Gasteiger partial charge in [0.2, 0.25) is 0 Å². The van der Waals surface area contributed by atoms with Crippen LogP contribution in [0.2, 0.25) is 5.02 Å². The predicted molar refractivity (Wildman–Crippen MR) is 77.5 cm³/mol. The van der Waals surface area contributed by atoms with E-state index in [1.807, 2.05) is 13.0 Å². The number of hydrogen-bond donors (Lipinski definition) is 2. The van der Waals surface area contributed by atoms with Gasteiger partial charge in [-0.25, -0.2) is 4.79 Å². The second-order valence-electron chi connectivity index (χ2n) is 4.32. The highest BCUT2D eigenvalue weighted by atomic mass is 35.5. The molecule has 0 radical (unpaired) electrons. The molecule has 2 N–H and O–H groups in total. The molecule has 0 aliphatic carbocycles. The first kappa shape index (κ1) is 14.1. The normalized spacial score (nSPS) is 10.1. The van der Waals surface area contributed by atoms with E-state index >= 15 is 0 Å². The van der Waals surface area contributed by atoms with Crippen LogP contribution in [0, 0.1) is 6.92 Å². The second kappa shape index (κ2) is 5.75. The third-order valence-corrected chi connectivity index (χ3v) is 3.06. The minimum atomic E-state index is -1.07. The third kappa shape index (κ3) is 3.16. The van der Waals surface area contributed by atoms with Gasteiger partial charge in [-0.1, -0.05) is 29.3 Å². The van der Waals surface area contributed by atoms with Crippen molar-refractivity contribution in [2.24, 2.45) is 0 Å². The number of carboxylic acids is 1. The van der Waals surface area contributed by atoms with Crippen LogP contribution in [0.1, 0.15) is 26.3 Å². The zero-order valence-electron chi connectivity index (χ0n) is 10.7. The first-order valence-corrected chi connectivity index (χ1v) is 6.26. The third-order valence-electron chi connectivity index (χ3n) is 2.74. The molecule has 2 rings (SSSR count). The molecule has 0 fully saturated rings. The maximum atomic E-state index is 12.1. The number of aromatic carboxylic acids is 1. The van der Waals surface area contributed by atoms with Crippen molar-refractivity contribution in [1.82, 2.24) is 0 Å². The monoisotopic (exact) mass is 289 g/mol. The lowest BCUT2D eigenvalue weighted by atomic mass is 10.1. The minimum absolute atomic E-state index is 0.0727. The van der Waals surface area contributed by atoms with Gasteiger partial charge in [-0.2, -0.15) is 0 Å². The molecule has 2 aromatic carbocycles. The Bertz CT molecular complexity index is 683. The van der Waals surface area contributed by atoms with Crippen LogP contribution in [0.3, 0.4) is 0 Å². The van der Waals surface area contributed by atoms with Gasteiger partial charge < -0.3 is 10.4 Å². The molecular weight excluding hydrogens is 278 g/mol. The molecule has 0 heterocycles. The van der Waals surface area contributed by atoms with Gasteiger partial charge in [0.1, 0.15) is 0 Å². The summed E-state index contributed by atoms with van der Waals surface area (Å²) in [5.74, 6) is -1.36. The number of carbonyl (C=O) groups excluding carboxylic acids is 1. The summed E-state index contributed by atoms with van der Waals surface area (Å²) in [6.07, 6.45) is 0. The summed E-state index contributed by atoms with van der Waals surface area (Å²) >= 11 is 5.96. The summed E-state index contributed by atoms with van der Waals surface area (Å²) in [4.78, 5) is 22.9. The molecular formula is C15H12ClNO3. The molecule has 0 aliphatic rings. The van der Waals surface area contributed by atoms with E-state index in [9.17, 15) is 9.59 Å². The van der Waals surface area contributed by atoms with E-state index in [1.54, 1.807) is 18.2 Å². The number of carboxylic acid groups (broad SMARTS) is 1. The highest BCUT2D eigenvalue weighted by molar-refractivity contribution is 6.34. The molecule has 1 amide bonds. The molecule has 20 heavy (non-hydrogen) atoms. The van der Waals surface area contributed by atoms with E-state index in [0.29, 0.717) is 11.3 Å². The van der Waals surface area contributed by atoms with E-state index in [2.05, 4.69) is 5.32 Å². The van der Waals surface area contributed by atoms with E-state index in [-0.39, 0.29) is 16.5 Å². The Morgan fingerprint density at radius 1 is 1.10 bits per heavy atom. The largest absolute Gasteiger partial charge is 0.478 e. The van der Waals surface area contributed by atoms with Crippen LogP contribution in [-0.4, -0.2) is 17.0 Å². The highest BCUT2D eigenvalue weighted by Gasteiger charge is 2.11. The van der Waals surface area contributed by atoms with Gasteiger partial charge in [-0.05, 0) is 37.3 Å². The molecule has 2 aromatic rings. The fourth-order valence-electron chi connectivity index (χ4n) is 1.73. The zero-order valence-corrected chi connectivity index (χ0v) is 11.4. The highest BCUT2D eigenvalue weighted by Crippen LogP contribution is 2.23. The molecule has 0 atom stereocenters. The van der Waals surface area contributed by atoms with E-state index in [4.69, 9.17) is 16.7 Å². The Hall–Kier alpha value is -2.33. The molecule has 0 aromatic heterocycles. The molecule has 4 nitrogen and oxygen atoms in total. The number of aryl methyl sites for hydroxylation is 1. The van der Waals surface area contributed by atoms with Crippen LogP contribution in [0.5, 0.6) is 0 Å². The van der Waals surface area contributed by atoms with Gasteiger partial charge in [0.25, 0.3) is 5.91 Å². The summed E-state index contributed by atoms with van der Waals surface area (Å²) in [6, 6.07) is 11.3. The Morgan fingerprint density at radius 3 is 2.45 bits per heavy atom. The van der Waals surface area contributed by atoms with Crippen molar-refractivity contribution >= 4 is 29.2 Å².